The summed E-state index contributed by atoms with van der Waals surface area (Å²) < 4.78 is 24.4. The van der Waals surface area contributed by atoms with Gasteiger partial charge in [-0.25, -0.2) is 4.39 Å². The van der Waals surface area contributed by atoms with E-state index in [1.165, 1.54) is 12.1 Å². The lowest BCUT2D eigenvalue weighted by molar-refractivity contribution is -0.0708. The molecular weight excluding hydrogens is 221 g/mol. The van der Waals surface area contributed by atoms with Crippen molar-refractivity contribution in [1.82, 2.24) is 0 Å². The molecule has 1 aromatic carbocycles. The lowest BCUT2D eigenvalue weighted by atomic mass is 9.85. The van der Waals surface area contributed by atoms with Crippen molar-refractivity contribution in [1.29, 1.82) is 0 Å². The molecule has 1 aromatic rings. The second-order valence-electron chi connectivity index (χ2n) is 4.79. The molecule has 2 rings (SSSR count). The summed E-state index contributed by atoms with van der Waals surface area (Å²) >= 11 is 0. The third-order valence-corrected chi connectivity index (χ3v) is 3.55. The van der Waals surface area contributed by atoms with Gasteiger partial charge in [0.15, 0.2) is 0 Å². The van der Waals surface area contributed by atoms with Gasteiger partial charge < -0.3 is 15.2 Å². The lowest BCUT2D eigenvalue weighted by Gasteiger charge is -2.41. The molecule has 0 saturated heterocycles. The molecule has 3 nitrogen and oxygen atoms in total. The highest BCUT2D eigenvalue weighted by Gasteiger charge is 2.40. The van der Waals surface area contributed by atoms with E-state index in [0.717, 1.165) is 5.56 Å². The molecule has 0 saturated carbocycles. The molecule has 2 N–H and O–H groups in total. The first-order chi connectivity index (χ1) is 7.96. The topological polar surface area (TPSA) is 44.5 Å². The number of methoxy groups -OCH3 is 1. The van der Waals surface area contributed by atoms with Crippen molar-refractivity contribution in [3.63, 3.8) is 0 Å². The van der Waals surface area contributed by atoms with Crippen LogP contribution >= 0.6 is 0 Å². The van der Waals surface area contributed by atoms with E-state index in [4.69, 9.17) is 15.2 Å². The van der Waals surface area contributed by atoms with Crippen LogP contribution in [0.1, 0.15) is 31.9 Å². The van der Waals surface area contributed by atoms with Crippen molar-refractivity contribution in [3.8, 4) is 5.75 Å². The quantitative estimate of drug-likeness (QED) is 0.862. The molecule has 3 atom stereocenters. The van der Waals surface area contributed by atoms with E-state index in [9.17, 15) is 4.39 Å². The van der Waals surface area contributed by atoms with Crippen LogP contribution in [0.5, 0.6) is 5.75 Å². The van der Waals surface area contributed by atoms with Crippen molar-refractivity contribution in [2.24, 2.45) is 5.73 Å². The molecule has 1 aliphatic rings. The summed E-state index contributed by atoms with van der Waals surface area (Å²) in [5.74, 6) is 0.364. The SMILES string of the molecule is COC(C)C1(C)CC(N)c2cc(F)ccc2O1. The van der Waals surface area contributed by atoms with Gasteiger partial charge in [0.05, 0.1) is 6.10 Å². The fraction of sp³-hybridized carbons (Fsp3) is 0.538. The van der Waals surface area contributed by atoms with Crippen molar-refractivity contribution < 1.29 is 13.9 Å². The van der Waals surface area contributed by atoms with Gasteiger partial charge >= 0.3 is 0 Å². The number of fused-ring (bicyclic) bond motifs is 1. The minimum Gasteiger partial charge on any atom is -0.484 e. The first-order valence-corrected chi connectivity index (χ1v) is 5.73. The minimum absolute atomic E-state index is 0.0771. The second kappa shape index (κ2) is 4.27. The van der Waals surface area contributed by atoms with E-state index in [1.54, 1.807) is 13.2 Å². The maximum Gasteiger partial charge on any atom is 0.134 e. The molecule has 1 aliphatic heterocycles. The summed E-state index contributed by atoms with van der Waals surface area (Å²) in [6.45, 7) is 3.91. The lowest BCUT2D eigenvalue weighted by Crippen LogP contribution is -2.49. The number of benzene rings is 1. The highest BCUT2D eigenvalue weighted by molar-refractivity contribution is 5.39. The second-order valence-corrected chi connectivity index (χ2v) is 4.79. The summed E-state index contributed by atoms with van der Waals surface area (Å²) in [7, 11) is 1.64. The van der Waals surface area contributed by atoms with Gasteiger partial charge in [-0.05, 0) is 32.0 Å². The zero-order valence-electron chi connectivity index (χ0n) is 10.4. The number of rotatable bonds is 2. The molecule has 94 valence electrons. The van der Waals surface area contributed by atoms with Crippen molar-refractivity contribution in [2.45, 2.75) is 38.0 Å². The van der Waals surface area contributed by atoms with Crippen LogP contribution in [0, 0.1) is 5.82 Å². The van der Waals surface area contributed by atoms with Gasteiger partial charge in [-0.3, -0.25) is 0 Å². The number of ether oxygens (including phenoxy) is 2. The smallest absolute Gasteiger partial charge is 0.134 e. The Kier molecular flexibility index (Phi) is 3.10. The predicted octanol–water partition coefficient (Wildman–Crippen LogP) is 2.40. The average Bonchev–Trinajstić information content (AvgIpc) is 2.29. The van der Waals surface area contributed by atoms with E-state index in [0.29, 0.717) is 12.2 Å². The minimum atomic E-state index is -0.473. The summed E-state index contributed by atoms with van der Waals surface area (Å²) in [6.07, 6.45) is 0.533. The van der Waals surface area contributed by atoms with Crippen LogP contribution < -0.4 is 10.5 Å². The van der Waals surface area contributed by atoms with Crippen molar-refractivity contribution >= 4 is 0 Å². The van der Waals surface area contributed by atoms with Gasteiger partial charge in [0.2, 0.25) is 0 Å². The van der Waals surface area contributed by atoms with Crippen LogP contribution in [0.15, 0.2) is 18.2 Å². The van der Waals surface area contributed by atoms with Gasteiger partial charge in [-0.15, -0.1) is 0 Å². The Hall–Kier alpha value is -1.13. The predicted molar refractivity (Wildman–Crippen MR) is 63.4 cm³/mol. The largest absolute Gasteiger partial charge is 0.484 e. The number of halogens is 1. The maximum atomic E-state index is 13.1. The summed E-state index contributed by atoms with van der Waals surface area (Å²) in [6, 6.07) is 4.23. The fourth-order valence-electron chi connectivity index (χ4n) is 2.24. The Balaban J connectivity index is 2.36. The number of nitrogens with two attached hydrogens (primary N) is 1. The Bertz CT molecular complexity index is 424. The highest BCUT2D eigenvalue weighted by Crippen LogP contribution is 2.40. The summed E-state index contributed by atoms with van der Waals surface area (Å²) in [5, 5.41) is 0. The Morgan fingerprint density at radius 1 is 1.59 bits per heavy atom. The van der Waals surface area contributed by atoms with E-state index >= 15 is 0 Å². The van der Waals surface area contributed by atoms with E-state index < -0.39 is 5.60 Å². The van der Waals surface area contributed by atoms with Crippen LogP contribution in [-0.2, 0) is 4.74 Å². The molecule has 0 amide bonds. The standard InChI is InChI=1S/C13H18FNO2/c1-8(16-3)13(2)7-11(15)10-6-9(14)4-5-12(10)17-13/h4-6,8,11H,7,15H2,1-3H3. The molecular formula is C13H18FNO2. The Morgan fingerprint density at radius 3 is 2.94 bits per heavy atom. The third-order valence-electron chi connectivity index (χ3n) is 3.55. The molecule has 0 aromatic heterocycles. The molecule has 0 aliphatic carbocycles. The van der Waals surface area contributed by atoms with Crippen LogP contribution in [-0.4, -0.2) is 18.8 Å². The zero-order valence-corrected chi connectivity index (χ0v) is 10.4. The van der Waals surface area contributed by atoms with E-state index in [1.807, 2.05) is 13.8 Å². The molecule has 4 heteroatoms. The number of hydrogen-bond acceptors (Lipinski definition) is 3. The van der Waals surface area contributed by atoms with Gasteiger partial charge in [0.25, 0.3) is 0 Å². The molecule has 1 heterocycles. The monoisotopic (exact) mass is 239 g/mol. The normalized spacial score (nSPS) is 29.4. The maximum absolute atomic E-state index is 13.1. The summed E-state index contributed by atoms with van der Waals surface area (Å²) in [5.41, 5.74) is 6.34. The van der Waals surface area contributed by atoms with Crippen molar-refractivity contribution in [2.75, 3.05) is 7.11 Å². The molecule has 0 fully saturated rings. The van der Waals surface area contributed by atoms with Gasteiger partial charge in [-0.2, -0.15) is 0 Å². The molecule has 0 radical (unpaired) electrons. The highest BCUT2D eigenvalue weighted by atomic mass is 19.1. The Morgan fingerprint density at radius 2 is 2.29 bits per heavy atom. The number of hydrogen-bond donors (Lipinski definition) is 1. The van der Waals surface area contributed by atoms with Crippen LogP contribution in [0.25, 0.3) is 0 Å². The first kappa shape index (κ1) is 12.3. The van der Waals surface area contributed by atoms with Gasteiger partial charge in [-0.1, -0.05) is 0 Å². The molecule has 17 heavy (non-hydrogen) atoms. The van der Waals surface area contributed by atoms with Crippen LogP contribution in [0.2, 0.25) is 0 Å². The van der Waals surface area contributed by atoms with Gasteiger partial charge in [0.1, 0.15) is 17.2 Å². The Labute approximate surface area is 101 Å². The van der Waals surface area contributed by atoms with Crippen LogP contribution in [0.3, 0.4) is 0 Å². The van der Waals surface area contributed by atoms with E-state index in [-0.39, 0.29) is 18.0 Å². The third kappa shape index (κ3) is 2.15. The fourth-order valence-corrected chi connectivity index (χ4v) is 2.24. The van der Waals surface area contributed by atoms with Gasteiger partial charge in [0, 0.05) is 25.1 Å². The van der Waals surface area contributed by atoms with Crippen molar-refractivity contribution in [3.05, 3.63) is 29.6 Å². The zero-order chi connectivity index (χ0) is 12.6. The average molecular weight is 239 g/mol. The molecule has 0 bridgehead atoms. The van der Waals surface area contributed by atoms with Crippen LogP contribution in [0.4, 0.5) is 4.39 Å². The summed E-state index contributed by atoms with van der Waals surface area (Å²) in [4.78, 5) is 0. The molecule has 3 unspecified atom stereocenters. The molecule has 0 spiro atoms. The van der Waals surface area contributed by atoms with E-state index in [2.05, 4.69) is 0 Å². The first-order valence-electron chi connectivity index (χ1n) is 5.73.